The number of amides is 2. The fraction of sp³-hybridized carbons (Fsp3) is 0.350. The zero-order valence-electron chi connectivity index (χ0n) is 15.7. The normalized spacial score (nSPS) is 20.5. The summed E-state index contributed by atoms with van der Waals surface area (Å²) in [5.41, 5.74) is 7.31. The number of hydrogen-bond acceptors (Lipinski definition) is 6. The predicted molar refractivity (Wildman–Crippen MR) is 105 cm³/mol. The average molecular weight is 395 g/mol. The van der Waals surface area contributed by atoms with Crippen LogP contribution in [0.25, 0.3) is 22.2 Å². The lowest BCUT2D eigenvalue weighted by Gasteiger charge is -2.35. The number of urea groups is 1. The van der Waals surface area contributed by atoms with Gasteiger partial charge in [-0.25, -0.2) is 14.8 Å². The molecule has 9 nitrogen and oxygen atoms in total. The number of primary amides is 1. The van der Waals surface area contributed by atoms with Gasteiger partial charge in [-0.2, -0.15) is 0 Å². The molecule has 2 saturated heterocycles. The second-order valence-electron chi connectivity index (χ2n) is 7.48. The van der Waals surface area contributed by atoms with Gasteiger partial charge in [0.25, 0.3) is 0 Å². The Balaban J connectivity index is 1.65. The number of aromatic nitrogens is 3. The van der Waals surface area contributed by atoms with Crippen LogP contribution in [0.1, 0.15) is 18.2 Å². The molecule has 0 bridgehead atoms. The van der Waals surface area contributed by atoms with Gasteiger partial charge in [0.1, 0.15) is 5.82 Å². The molecule has 1 unspecified atom stereocenters. The lowest BCUT2D eigenvalue weighted by Crippen LogP contribution is -2.47. The Hall–Kier alpha value is -3.01. The number of nitrogens with two attached hydrogens (primary N) is 1. The number of carbonyl (C=O) groups excluding carboxylic acids is 1. The van der Waals surface area contributed by atoms with Crippen LogP contribution in [0.5, 0.6) is 0 Å². The van der Waals surface area contributed by atoms with Crippen molar-refractivity contribution in [1.29, 1.82) is 0 Å². The highest BCUT2D eigenvalue weighted by Crippen LogP contribution is 2.36. The van der Waals surface area contributed by atoms with Crippen molar-refractivity contribution in [3.63, 3.8) is 0 Å². The van der Waals surface area contributed by atoms with Crippen LogP contribution in [-0.2, 0) is 15.1 Å². The summed E-state index contributed by atoms with van der Waals surface area (Å²) in [5.74, 6) is 0.369. The zero-order valence-corrected chi connectivity index (χ0v) is 15.7. The monoisotopic (exact) mass is 395 g/mol. The first kappa shape index (κ1) is 18.0. The Labute approximate surface area is 166 Å². The number of hydrogen-bond donors (Lipinski definition) is 3. The van der Waals surface area contributed by atoms with E-state index in [4.69, 9.17) is 20.2 Å². The molecule has 0 aliphatic carbocycles. The van der Waals surface area contributed by atoms with Gasteiger partial charge in [0.15, 0.2) is 5.60 Å². The number of aliphatic hydroxyl groups is 1. The lowest BCUT2D eigenvalue weighted by atomic mass is 9.96. The zero-order chi connectivity index (χ0) is 20.0. The summed E-state index contributed by atoms with van der Waals surface area (Å²) >= 11 is 0. The summed E-state index contributed by atoms with van der Waals surface area (Å²) in [5, 5.41) is 14.0. The van der Waals surface area contributed by atoms with Crippen molar-refractivity contribution in [1.82, 2.24) is 14.5 Å². The highest BCUT2D eigenvalue weighted by atomic mass is 16.5. The minimum absolute atomic E-state index is 0.204. The van der Waals surface area contributed by atoms with Crippen LogP contribution in [0.15, 0.2) is 36.7 Å². The highest BCUT2D eigenvalue weighted by molar-refractivity contribution is 5.98. The van der Waals surface area contributed by atoms with Crippen LogP contribution in [0, 0.1) is 0 Å². The molecule has 4 N–H and O–H groups in total. The Morgan fingerprint density at radius 1 is 1.34 bits per heavy atom. The van der Waals surface area contributed by atoms with E-state index in [1.807, 2.05) is 18.3 Å². The Morgan fingerprint density at radius 2 is 2.21 bits per heavy atom. The molecule has 150 valence electrons. The number of ether oxygens (including phenoxy) is 2. The quantitative estimate of drug-likeness (QED) is 0.618. The van der Waals surface area contributed by atoms with Crippen LogP contribution in [0.4, 0.5) is 10.6 Å². The fourth-order valence-electron chi connectivity index (χ4n) is 3.88. The van der Waals surface area contributed by atoms with Crippen molar-refractivity contribution in [3.05, 3.63) is 42.4 Å². The van der Waals surface area contributed by atoms with E-state index in [-0.39, 0.29) is 19.3 Å². The standard InChI is InChI=1S/C20H21N5O4/c21-19(26)24-18-6-13-14(8-25(16(13)7-22-18)12-4-5-28-9-12)15-2-1-3-17(23-15)20(27)10-29-11-20/h1-3,6-8,12,27H,4-5,9-11H2,(H3,21,22,24,26). The summed E-state index contributed by atoms with van der Waals surface area (Å²) in [6.45, 7) is 1.83. The number of nitrogens with zero attached hydrogens (tertiary/aromatic N) is 3. The minimum Gasteiger partial charge on any atom is -0.379 e. The Kier molecular flexibility index (Phi) is 4.23. The van der Waals surface area contributed by atoms with Gasteiger partial charge in [0.2, 0.25) is 0 Å². The second kappa shape index (κ2) is 6.80. The summed E-state index contributed by atoms with van der Waals surface area (Å²) in [4.78, 5) is 20.3. The van der Waals surface area contributed by atoms with E-state index in [1.165, 1.54) is 0 Å². The molecule has 9 heteroatoms. The van der Waals surface area contributed by atoms with E-state index in [0.717, 1.165) is 35.2 Å². The first-order chi connectivity index (χ1) is 14.0. The summed E-state index contributed by atoms with van der Waals surface area (Å²) < 4.78 is 12.9. The Morgan fingerprint density at radius 3 is 2.90 bits per heavy atom. The van der Waals surface area contributed by atoms with Gasteiger partial charge in [-0.05, 0) is 24.6 Å². The molecule has 2 amide bonds. The third-order valence-electron chi connectivity index (χ3n) is 5.45. The molecule has 3 aromatic rings. The minimum atomic E-state index is -1.05. The number of nitrogens with one attached hydrogen (secondary N) is 1. The third-order valence-corrected chi connectivity index (χ3v) is 5.45. The molecule has 5 heterocycles. The first-order valence-corrected chi connectivity index (χ1v) is 9.46. The fourth-order valence-corrected chi connectivity index (χ4v) is 3.88. The molecule has 2 fully saturated rings. The number of rotatable bonds is 4. The molecule has 3 aromatic heterocycles. The highest BCUT2D eigenvalue weighted by Gasteiger charge is 2.39. The molecule has 0 radical (unpaired) electrons. The summed E-state index contributed by atoms with van der Waals surface area (Å²) in [7, 11) is 0. The molecular formula is C20H21N5O4. The molecule has 0 aromatic carbocycles. The number of pyridine rings is 2. The molecular weight excluding hydrogens is 374 g/mol. The van der Waals surface area contributed by atoms with Gasteiger partial charge in [0.05, 0.1) is 49.0 Å². The number of fused-ring (bicyclic) bond motifs is 1. The van der Waals surface area contributed by atoms with E-state index in [0.29, 0.717) is 18.1 Å². The molecule has 2 aliphatic rings. The van der Waals surface area contributed by atoms with E-state index in [9.17, 15) is 9.90 Å². The first-order valence-electron chi connectivity index (χ1n) is 9.46. The van der Waals surface area contributed by atoms with Gasteiger partial charge in [-0.15, -0.1) is 0 Å². The van der Waals surface area contributed by atoms with Crippen LogP contribution >= 0.6 is 0 Å². The van der Waals surface area contributed by atoms with Crippen LogP contribution in [0.3, 0.4) is 0 Å². The molecule has 0 spiro atoms. The third kappa shape index (κ3) is 3.13. The van der Waals surface area contributed by atoms with E-state index in [2.05, 4.69) is 14.9 Å². The van der Waals surface area contributed by atoms with Gasteiger partial charge in [-0.1, -0.05) is 6.07 Å². The van der Waals surface area contributed by atoms with Crippen LogP contribution < -0.4 is 11.1 Å². The van der Waals surface area contributed by atoms with Crippen molar-refractivity contribution in [3.8, 4) is 11.3 Å². The SMILES string of the molecule is NC(=O)Nc1cc2c(-c3cccc(C4(O)COC4)n3)cn(C3CCOC3)c2cn1. The molecule has 0 saturated carbocycles. The number of anilines is 1. The van der Waals surface area contributed by atoms with Crippen molar-refractivity contribution in [2.24, 2.45) is 5.73 Å². The topological polar surface area (TPSA) is 125 Å². The molecule has 5 rings (SSSR count). The lowest BCUT2D eigenvalue weighted by molar-refractivity contribution is -0.186. The smallest absolute Gasteiger partial charge is 0.317 e. The second-order valence-corrected chi connectivity index (χ2v) is 7.48. The Bertz CT molecular complexity index is 1090. The maximum Gasteiger partial charge on any atom is 0.317 e. The van der Waals surface area contributed by atoms with Gasteiger partial charge in [-0.3, -0.25) is 5.32 Å². The van der Waals surface area contributed by atoms with E-state index < -0.39 is 11.6 Å². The van der Waals surface area contributed by atoms with Gasteiger partial charge in [0, 0.05) is 23.8 Å². The maximum absolute atomic E-state index is 11.3. The predicted octanol–water partition coefficient (Wildman–Crippen LogP) is 1.77. The van der Waals surface area contributed by atoms with Gasteiger partial charge >= 0.3 is 6.03 Å². The maximum atomic E-state index is 11.3. The molecule has 1 atom stereocenters. The largest absolute Gasteiger partial charge is 0.379 e. The van der Waals surface area contributed by atoms with E-state index in [1.54, 1.807) is 18.3 Å². The summed E-state index contributed by atoms with van der Waals surface area (Å²) in [6, 6.07) is 6.90. The van der Waals surface area contributed by atoms with Gasteiger partial charge < -0.3 is 24.9 Å². The van der Waals surface area contributed by atoms with Crippen molar-refractivity contribution >= 4 is 22.8 Å². The molecule has 29 heavy (non-hydrogen) atoms. The van der Waals surface area contributed by atoms with Crippen molar-refractivity contribution in [2.45, 2.75) is 18.1 Å². The average Bonchev–Trinajstić information content (AvgIpc) is 3.33. The number of carbonyl (C=O) groups is 1. The van der Waals surface area contributed by atoms with E-state index >= 15 is 0 Å². The van der Waals surface area contributed by atoms with Crippen molar-refractivity contribution < 1.29 is 19.4 Å². The molecule has 2 aliphatic heterocycles. The van der Waals surface area contributed by atoms with Crippen LogP contribution in [0.2, 0.25) is 0 Å². The van der Waals surface area contributed by atoms with Crippen LogP contribution in [-0.4, -0.2) is 52.1 Å². The summed E-state index contributed by atoms with van der Waals surface area (Å²) in [6.07, 6.45) is 4.67. The van der Waals surface area contributed by atoms with Crippen molar-refractivity contribution in [2.75, 3.05) is 31.7 Å².